The van der Waals surface area contributed by atoms with Gasteiger partial charge in [0, 0.05) is 13.5 Å². The van der Waals surface area contributed by atoms with Crippen LogP contribution in [-0.4, -0.2) is 50.6 Å². The van der Waals surface area contributed by atoms with Crippen molar-refractivity contribution in [2.45, 2.75) is 38.3 Å². The van der Waals surface area contributed by atoms with E-state index < -0.39 is 18.5 Å². The number of aromatic nitrogens is 4. The average Bonchev–Trinajstić information content (AvgIpc) is 3.08. The Bertz CT molecular complexity index is 647. The first-order valence-corrected chi connectivity index (χ1v) is 6.99. The summed E-state index contributed by atoms with van der Waals surface area (Å²) in [6, 6.07) is 0. The van der Waals surface area contributed by atoms with Gasteiger partial charge < -0.3 is 15.2 Å². The summed E-state index contributed by atoms with van der Waals surface area (Å²) in [5, 5.41) is 12.0. The molecule has 8 heteroatoms. The average molecular weight is 295 g/mol. The summed E-state index contributed by atoms with van der Waals surface area (Å²) >= 11 is 0. The number of imidazole rings is 1. The highest BCUT2D eigenvalue weighted by Gasteiger charge is 2.36. The number of alkyl halides is 1. The fourth-order valence-electron chi connectivity index (χ4n) is 2.57. The van der Waals surface area contributed by atoms with Gasteiger partial charge in [0.05, 0.1) is 18.6 Å². The minimum atomic E-state index is -1.19. The Morgan fingerprint density at radius 3 is 2.95 bits per heavy atom. The quantitative estimate of drug-likeness (QED) is 0.877. The minimum absolute atomic E-state index is 0.178. The number of anilines is 1. The zero-order valence-electron chi connectivity index (χ0n) is 12.0. The van der Waals surface area contributed by atoms with Gasteiger partial charge in [-0.2, -0.15) is 4.98 Å². The first-order valence-electron chi connectivity index (χ1n) is 6.99. The molecular formula is C13H18FN5O2. The van der Waals surface area contributed by atoms with Crippen molar-refractivity contribution in [1.29, 1.82) is 0 Å². The molecule has 7 nitrogen and oxygen atoms in total. The largest absolute Gasteiger partial charge is 0.394 e. The van der Waals surface area contributed by atoms with Crippen molar-refractivity contribution in [3.8, 4) is 0 Å². The molecule has 2 aromatic heterocycles. The Morgan fingerprint density at radius 1 is 1.52 bits per heavy atom. The Hall–Kier alpha value is -1.80. The van der Waals surface area contributed by atoms with Gasteiger partial charge in [-0.1, -0.05) is 6.92 Å². The SMILES string of the molecule is CCc1nc(NC)nc2c1ncn2[C@H]1C[C@H](F)[C@@H](CO)O1. The lowest BCUT2D eigenvalue weighted by Crippen LogP contribution is -2.21. The van der Waals surface area contributed by atoms with E-state index in [1.165, 1.54) is 0 Å². The van der Waals surface area contributed by atoms with Crippen LogP contribution in [0.2, 0.25) is 0 Å². The van der Waals surface area contributed by atoms with Crippen LogP contribution in [0.5, 0.6) is 0 Å². The van der Waals surface area contributed by atoms with Crippen molar-refractivity contribution < 1.29 is 14.2 Å². The molecule has 0 unspecified atom stereocenters. The summed E-state index contributed by atoms with van der Waals surface area (Å²) in [6.45, 7) is 1.66. The molecule has 114 valence electrons. The molecule has 1 fully saturated rings. The molecule has 1 aliphatic rings. The normalized spacial score (nSPS) is 25.6. The predicted octanol–water partition coefficient (Wildman–Crippen LogP) is 1.05. The minimum Gasteiger partial charge on any atom is -0.394 e. The number of rotatable bonds is 4. The third-order valence-electron chi connectivity index (χ3n) is 3.70. The number of ether oxygens (including phenoxy) is 1. The van der Waals surface area contributed by atoms with Crippen LogP contribution >= 0.6 is 0 Å². The van der Waals surface area contributed by atoms with Gasteiger partial charge >= 0.3 is 0 Å². The number of fused-ring (bicyclic) bond motifs is 1. The molecule has 0 aliphatic carbocycles. The van der Waals surface area contributed by atoms with E-state index in [-0.39, 0.29) is 13.0 Å². The second kappa shape index (κ2) is 5.53. The molecule has 1 saturated heterocycles. The van der Waals surface area contributed by atoms with Gasteiger partial charge in [0.2, 0.25) is 5.95 Å². The number of nitrogens with one attached hydrogen (secondary N) is 1. The first-order chi connectivity index (χ1) is 10.2. The van der Waals surface area contributed by atoms with Gasteiger partial charge in [0.15, 0.2) is 5.65 Å². The summed E-state index contributed by atoms with van der Waals surface area (Å²) in [7, 11) is 1.74. The smallest absolute Gasteiger partial charge is 0.224 e. The van der Waals surface area contributed by atoms with Crippen LogP contribution in [0.3, 0.4) is 0 Å². The highest BCUT2D eigenvalue weighted by atomic mass is 19.1. The molecular weight excluding hydrogens is 277 g/mol. The summed E-state index contributed by atoms with van der Waals surface area (Å²) in [4.78, 5) is 13.1. The van der Waals surface area contributed by atoms with E-state index >= 15 is 0 Å². The second-order valence-corrected chi connectivity index (χ2v) is 4.98. The maximum Gasteiger partial charge on any atom is 0.224 e. The molecule has 0 spiro atoms. The summed E-state index contributed by atoms with van der Waals surface area (Å²) in [6.07, 6.45) is 0.0109. The zero-order valence-corrected chi connectivity index (χ0v) is 12.0. The fourth-order valence-corrected chi connectivity index (χ4v) is 2.57. The molecule has 2 aromatic rings. The lowest BCUT2D eigenvalue weighted by atomic mass is 10.2. The van der Waals surface area contributed by atoms with Crippen molar-refractivity contribution in [3.63, 3.8) is 0 Å². The number of aryl methyl sites for hydroxylation is 1. The topological polar surface area (TPSA) is 85.1 Å². The lowest BCUT2D eigenvalue weighted by Gasteiger charge is -2.14. The number of aliphatic hydroxyl groups is 1. The number of hydrogen-bond acceptors (Lipinski definition) is 6. The molecule has 3 heterocycles. The van der Waals surface area contributed by atoms with Crippen molar-refractivity contribution >= 4 is 17.1 Å². The molecule has 3 atom stereocenters. The number of aliphatic hydroxyl groups excluding tert-OH is 1. The molecule has 21 heavy (non-hydrogen) atoms. The van der Waals surface area contributed by atoms with Crippen LogP contribution in [0, 0.1) is 0 Å². The van der Waals surface area contributed by atoms with Crippen molar-refractivity contribution in [2.75, 3.05) is 19.0 Å². The van der Waals surface area contributed by atoms with E-state index in [2.05, 4.69) is 20.3 Å². The Balaban J connectivity index is 2.04. The van der Waals surface area contributed by atoms with Crippen LogP contribution in [0.4, 0.5) is 10.3 Å². The van der Waals surface area contributed by atoms with Gasteiger partial charge in [-0.3, -0.25) is 4.57 Å². The van der Waals surface area contributed by atoms with E-state index in [0.29, 0.717) is 17.1 Å². The van der Waals surface area contributed by atoms with Crippen LogP contribution in [0.25, 0.3) is 11.2 Å². The fraction of sp³-hybridized carbons (Fsp3) is 0.615. The summed E-state index contributed by atoms with van der Waals surface area (Å²) in [5.41, 5.74) is 2.14. The molecule has 0 radical (unpaired) electrons. The Labute approximate surface area is 121 Å². The standard InChI is InChI=1S/C13H18FN5O2/c1-3-8-11-12(18-13(15-2)17-8)19(6-16-11)10-4-7(14)9(5-20)21-10/h6-7,9-10,20H,3-5H2,1-2H3,(H,15,17,18)/t7-,9+,10+/m0/s1. The first kappa shape index (κ1) is 14.2. The maximum atomic E-state index is 13.8. The van der Waals surface area contributed by atoms with E-state index in [9.17, 15) is 4.39 Å². The Morgan fingerprint density at radius 2 is 2.33 bits per heavy atom. The van der Waals surface area contributed by atoms with Gasteiger partial charge in [-0.05, 0) is 6.42 Å². The lowest BCUT2D eigenvalue weighted by molar-refractivity contribution is -0.0323. The number of hydrogen-bond donors (Lipinski definition) is 2. The van der Waals surface area contributed by atoms with Crippen LogP contribution in [0.15, 0.2) is 6.33 Å². The number of nitrogens with zero attached hydrogens (tertiary/aromatic N) is 4. The van der Waals surface area contributed by atoms with E-state index in [4.69, 9.17) is 9.84 Å². The van der Waals surface area contributed by atoms with E-state index in [1.54, 1.807) is 17.9 Å². The molecule has 3 rings (SSSR count). The molecule has 0 bridgehead atoms. The molecule has 2 N–H and O–H groups in total. The molecule has 0 saturated carbocycles. The van der Waals surface area contributed by atoms with Crippen molar-refractivity contribution in [3.05, 3.63) is 12.0 Å². The van der Waals surface area contributed by atoms with E-state index in [0.717, 1.165) is 12.1 Å². The van der Waals surface area contributed by atoms with Gasteiger partial charge in [0.25, 0.3) is 0 Å². The third-order valence-corrected chi connectivity index (χ3v) is 3.70. The third kappa shape index (κ3) is 2.34. The molecule has 0 aromatic carbocycles. The van der Waals surface area contributed by atoms with Gasteiger partial charge in [0.1, 0.15) is 24.0 Å². The highest BCUT2D eigenvalue weighted by molar-refractivity contribution is 5.75. The summed E-state index contributed by atoms with van der Waals surface area (Å²) < 4.78 is 21.0. The second-order valence-electron chi connectivity index (χ2n) is 4.98. The van der Waals surface area contributed by atoms with Crippen LogP contribution in [0.1, 0.15) is 25.3 Å². The predicted molar refractivity (Wildman–Crippen MR) is 74.8 cm³/mol. The molecule has 1 aliphatic heterocycles. The van der Waals surface area contributed by atoms with Crippen molar-refractivity contribution in [1.82, 2.24) is 19.5 Å². The monoisotopic (exact) mass is 295 g/mol. The van der Waals surface area contributed by atoms with Crippen LogP contribution < -0.4 is 5.32 Å². The zero-order chi connectivity index (χ0) is 15.0. The highest BCUT2D eigenvalue weighted by Crippen LogP contribution is 2.33. The van der Waals surface area contributed by atoms with Gasteiger partial charge in [-0.25, -0.2) is 14.4 Å². The molecule has 0 amide bonds. The summed E-state index contributed by atoms with van der Waals surface area (Å²) in [5.74, 6) is 0.495. The number of halogens is 1. The van der Waals surface area contributed by atoms with E-state index in [1.807, 2.05) is 6.92 Å². The Kier molecular flexibility index (Phi) is 3.73. The van der Waals surface area contributed by atoms with Crippen LogP contribution in [-0.2, 0) is 11.2 Å². The van der Waals surface area contributed by atoms with Gasteiger partial charge in [-0.15, -0.1) is 0 Å². The van der Waals surface area contributed by atoms with Crippen molar-refractivity contribution in [2.24, 2.45) is 0 Å². The maximum absolute atomic E-state index is 13.8.